The number of anilines is 1. The van der Waals surface area contributed by atoms with Gasteiger partial charge in [0.1, 0.15) is 12.4 Å². The average molecular weight is 420 g/mol. The van der Waals surface area contributed by atoms with E-state index in [4.69, 9.17) is 9.84 Å². The minimum Gasteiger partial charge on any atom is -0.487 e. The van der Waals surface area contributed by atoms with Crippen LogP contribution in [0.3, 0.4) is 0 Å². The van der Waals surface area contributed by atoms with Crippen molar-refractivity contribution in [2.75, 3.05) is 10.5 Å². The molecule has 29 heavy (non-hydrogen) atoms. The van der Waals surface area contributed by atoms with Crippen LogP contribution in [0.15, 0.2) is 42.5 Å². The van der Waals surface area contributed by atoms with Crippen LogP contribution in [0, 0.1) is 12.8 Å². The third-order valence-corrected chi connectivity index (χ3v) is 5.80. The molecule has 2 rings (SSSR count). The maximum absolute atomic E-state index is 12.4. The molecule has 2 N–H and O–H groups in total. The summed E-state index contributed by atoms with van der Waals surface area (Å²) in [6, 6.07) is 11.7. The summed E-state index contributed by atoms with van der Waals surface area (Å²) in [5.41, 5.74) is 2.34. The van der Waals surface area contributed by atoms with Gasteiger partial charge in [-0.3, -0.25) is 4.72 Å². The lowest BCUT2D eigenvalue weighted by Crippen LogP contribution is -2.17. The van der Waals surface area contributed by atoms with Crippen LogP contribution in [-0.4, -0.2) is 25.2 Å². The summed E-state index contributed by atoms with van der Waals surface area (Å²) in [5.74, 6) is 0.0931. The van der Waals surface area contributed by atoms with Gasteiger partial charge in [-0.05, 0) is 54.7 Å². The molecule has 0 saturated carbocycles. The smallest absolute Gasteiger partial charge is 0.335 e. The molecule has 0 heterocycles. The summed E-state index contributed by atoms with van der Waals surface area (Å²) in [7, 11) is -3.46. The molecule has 0 amide bonds. The van der Waals surface area contributed by atoms with Gasteiger partial charge in [-0.2, -0.15) is 0 Å². The fourth-order valence-electron chi connectivity index (χ4n) is 2.80. The van der Waals surface area contributed by atoms with Gasteiger partial charge in [0.25, 0.3) is 0 Å². The number of hydrogen-bond donors (Lipinski definition) is 2. The highest BCUT2D eigenvalue weighted by atomic mass is 32.2. The van der Waals surface area contributed by atoms with Gasteiger partial charge in [-0.1, -0.05) is 44.9 Å². The number of carboxylic acid groups (broad SMARTS) is 1. The molecule has 0 aliphatic rings. The molecule has 0 radical (unpaired) electrons. The van der Waals surface area contributed by atoms with E-state index in [0.717, 1.165) is 24.0 Å². The molecule has 0 bridgehead atoms. The second-order valence-electron chi connectivity index (χ2n) is 7.60. The van der Waals surface area contributed by atoms with Crippen LogP contribution in [0.4, 0.5) is 5.69 Å². The molecule has 7 heteroatoms. The Kier molecular flexibility index (Phi) is 8.08. The average Bonchev–Trinajstić information content (AvgIpc) is 2.65. The Balaban J connectivity index is 2.03. The number of carbonyl (C=O) groups is 1. The fourth-order valence-corrected chi connectivity index (χ4v) is 3.99. The fraction of sp³-hybridized carbons (Fsp3) is 0.409. The Labute approximate surface area is 173 Å². The summed E-state index contributed by atoms with van der Waals surface area (Å²) in [4.78, 5) is 10.9. The van der Waals surface area contributed by atoms with Gasteiger partial charge in [0, 0.05) is 0 Å². The number of carboxylic acids is 1. The van der Waals surface area contributed by atoms with Gasteiger partial charge in [0.2, 0.25) is 10.0 Å². The van der Waals surface area contributed by atoms with Crippen molar-refractivity contribution in [1.29, 1.82) is 0 Å². The number of hydrogen-bond acceptors (Lipinski definition) is 4. The lowest BCUT2D eigenvalue weighted by atomic mass is 10.1. The predicted octanol–water partition coefficient (Wildman–Crippen LogP) is 4.84. The molecule has 0 spiro atoms. The highest BCUT2D eigenvalue weighted by molar-refractivity contribution is 7.92. The van der Waals surface area contributed by atoms with Crippen molar-refractivity contribution in [1.82, 2.24) is 0 Å². The maximum atomic E-state index is 12.4. The zero-order chi connectivity index (χ0) is 21.4. The van der Waals surface area contributed by atoms with Crippen molar-refractivity contribution >= 4 is 21.7 Å². The monoisotopic (exact) mass is 419 g/mol. The van der Waals surface area contributed by atoms with Crippen molar-refractivity contribution in [3.63, 3.8) is 0 Å². The minimum atomic E-state index is -3.46. The summed E-state index contributed by atoms with van der Waals surface area (Å²) in [6.45, 7) is 6.35. The standard InChI is InChI=1S/C22H29NO5S/c1-16(2)6-4-5-13-29(26,27)23-20-12-7-17(3)14-21(20)28-15-18-8-10-19(11-9-18)22(24)25/h7-12,14,16,23H,4-6,13,15H2,1-3H3,(H,24,25). The number of benzene rings is 2. The zero-order valence-electron chi connectivity index (χ0n) is 17.1. The van der Waals surface area contributed by atoms with Crippen LogP contribution in [0.1, 0.15) is 54.6 Å². The molecule has 0 fully saturated rings. The summed E-state index contributed by atoms with van der Waals surface area (Å²) in [6.07, 6.45) is 2.50. The topological polar surface area (TPSA) is 92.7 Å². The van der Waals surface area contributed by atoms with E-state index < -0.39 is 16.0 Å². The molecule has 0 aromatic heterocycles. The first-order valence-electron chi connectivity index (χ1n) is 9.72. The van der Waals surface area contributed by atoms with E-state index in [1.807, 2.05) is 13.0 Å². The largest absolute Gasteiger partial charge is 0.487 e. The van der Waals surface area contributed by atoms with E-state index in [0.29, 0.717) is 23.8 Å². The normalized spacial score (nSPS) is 11.4. The third kappa shape index (κ3) is 7.77. The van der Waals surface area contributed by atoms with E-state index in [2.05, 4.69) is 18.6 Å². The Morgan fingerprint density at radius 1 is 1.10 bits per heavy atom. The number of aryl methyl sites for hydroxylation is 1. The Hall–Kier alpha value is -2.54. The molecule has 0 saturated heterocycles. The second-order valence-corrected chi connectivity index (χ2v) is 9.44. The predicted molar refractivity (Wildman–Crippen MR) is 115 cm³/mol. The van der Waals surface area contributed by atoms with Crippen LogP contribution in [-0.2, 0) is 16.6 Å². The van der Waals surface area contributed by atoms with Gasteiger partial charge in [-0.25, -0.2) is 13.2 Å². The lowest BCUT2D eigenvalue weighted by molar-refractivity contribution is 0.0697. The number of ether oxygens (including phenoxy) is 1. The van der Waals surface area contributed by atoms with E-state index in [1.54, 1.807) is 24.3 Å². The first kappa shape index (κ1) is 22.7. The van der Waals surface area contributed by atoms with Gasteiger partial charge in [-0.15, -0.1) is 0 Å². The van der Waals surface area contributed by atoms with E-state index >= 15 is 0 Å². The molecule has 0 atom stereocenters. The molecule has 0 unspecified atom stereocenters. The van der Waals surface area contributed by atoms with E-state index in [9.17, 15) is 13.2 Å². The SMILES string of the molecule is Cc1ccc(NS(=O)(=O)CCCCC(C)C)c(OCc2ccc(C(=O)O)cc2)c1. The molecular weight excluding hydrogens is 390 g/mol. The molecule has 158 valence electrons. The van der Waals surface area contributed by atoms with Gasteiger partial charge >= 0.3 is 5.97 Å². The van der Waals surface area contributed by atoms with Crippen molar-refractivity contribution in [2.24, 2.45) is 5.92 Å². The summed E-state index contributed by atoms with van der Waals surface area (Å²) >= 11 is 0. The Bertz CT molecular complexity index is 921. The number of unbranched alkanes of at least 4 members (excludes halogenated alkanes) is 1. The van der Waals surface area contributed by atoms with Crippen LogP contribution in [0.5, 0.6) is 5.75 Å². The molecule has 0 aliphatic carbocycles. The Morgan fingerprint density at radius 3 is 2.41 bits per heavy atom. The van der Waals surface area contributed by atoms with Gasteiger partial charge < -0.3 is 9.84 Å². The number of aromatic carboxylic acids is 1. The first-order valence-corrected chi connectivity index (χ1v) is 11.4. The van der Waals surface area contributed by atoms with Crippen molar-refractivity contribution in [3.8, 4) is 5.75 Å². The van der Waals surface area contributed by atoms with Crippen LogP contribution in [0.25, 0.3) is 0 Å². The molecule has 0 aliphatic heterocycles. The lowest BCUT2D eigenvalue weighted by Gasteiger charge is -2.15. The van der Waals surface area contributed by atoms with Gasteiger partial charge in [0.05, 0.1) is 17.0 Å². The van der Waals surface area contributed by atoms with Crippen LogP contribution in [0.2, 0.25) is 0 Å². The number of rotatable bonds is 11. The van der Waals surface area contributed by atoms with Crippen LogP contribution < -0.4 is 9.46 Å². The van der Waals surface area contributed by atoms with Crippen LogP contribution >= 0.6 is 0 Å². The maximum Gasteiger partial charge on any atom is 0.335 e. The number of sulfonamides is 1. The van der Waals surface area contributed by atoms with E-state index in [-0.39, 0.29) is 17.9 Å². The number of nitrogens with one attached hydrogen (secondary N) is 1. The second kappa shape index (κ2) is 10.3. The van der Waals surface area contributed by atoms with E-state index in [1.165, 1.54) is 12.1 Å². The van der Waals surface area contributed by atoms with Crippen molar-refractivity contribution in [3.05, 3.63) is 59.2 Å². The zero-order valence-corrected chi connectivity index (χ0v) is 18.0. The highest BCUT2D eigenvalue weighted by Gasteiger charge is 2.14. The minimum absolute atomic E-state index is 0.0731. The highest BCUT2D eigenvalue weighted by Crippen LogP contribution is 2.28. The molecular formula is C22H29NO5S. The van der Waals surface area contributed by atoms with Crippen molar-refractivity contribution < 1.29 is 23.1 Å². The molecule has 2 aromatic carbocycles. The third-order valence-electron chi connectivity index (χ3n) is 4.44. The van der Waals surface area contributed by atoms with Gasteiger partial charge in [0.15, 0.2) is 0 Å². The molecule has 2 aromatic rings. The summed E-state index contributed by atoms with van der Waals surface area (Å²) < 4.78 is 33.3. The van der Waals surface area contributed by atoms with Crippen molar-refractivity contribution in [2.45, 2.75) is 46.6 Å². The quantitative estimate of drug-likeness (QED) is 0.508. The molecule has 6 nitrogen and oxygen atoms in total. The first-order chi connectivity index (χ1) is 13.7. The Morgan fingerprint density at radius 2 is 1.79 bits per heavy atom. The summed E-state index contributed by atoms with van der Waals surface area (Å²) in [5, 5.41) is 8.97.